The average Bonchev–Trinajstić information content (AvgIpc) is 2.69. The molecule has 84 valence electrons. The third-order valence-electron chi connectivity index (χ3n) is 3.54. The summed E-state index contributed by atoms with van der Waals surface area (Å²) in [5, 5.41) is 7.69. The lowest BCUT2D eigenvalue weighted by atomic mass is 9.76. The molecule has 1 aliphatic carbocycles. The molecule has 0 spiro atoms. The summed E-state index contributed by atoms with van der Waals surface area (Å²) in [7, 11) is 2.04. The molecule has 0 bridgehead atoms. The van der Waals surface area contributed by atoms with Gasteiger partial charge in [0.2, 0.25) is 0 Å². The van der Waals surface area contributed by atoms with Gasteiger partial charge in [-0.2, -0.15) is 5.10 Å². The second-order valence-electron chi connectivity index (χ2n) is 4.82. The van der Waals surface area contributed by atoms with Crippen molar-refractivity contribution in [3.63, 3.8) is 0 Å². The quantitative estimate of drug-likeness (QED) is 0.800. The van der Waals surface area contributed by atoms with Gasteiger partial charge in [0, 0.05) is 6.04 Å². The van der Waals surface area contributed by atoms with Gasteiger partial charge in [-0.25, -0.2) is 9.67 Å². The first-order chi connectivity index (χ1) is 7.22. The topological polar surface area (TPSA) is 42.7 Å². The van der Waals surface area contributed by atoms with E-state index in [2.05, 4.69) is 29.2 Å². The summed E-state index contributed by atoms with van der Waals surface area (Å²) < 4.78 is 2.01. The molecule has 0 aliphatic heterocycles. The summed E-state index contributed by atoms with van der Waals surface area (Å²) in [6.07, 6.45) is 5.97. The maximum atomic E-state index is 4.28. The highest BCUT2D eigenvalue weighted by Crippen LogP contribution is 2.36. The molecule has 2 rings (SSSR count). The van der Waals surface area contributed by atoms with Gasteiger partial charge in [0.1, 0.15) is 12.7 Å². The van der Waals surface area contributed by atoms with Crippen LogP contribution in [0.2, 0.25) is 0 Å². The number of hydrogen-bond acceptors (Lipinski definition) is 3. The predicted molar refractivity (Wildman–Crippen MR) is 59.5 cm³/mol. The van der Waals surface area contributed by atoms with Crippen LogP contribution in [0.25, 0.3) is 0 Å². The highest BCUT2D eigenvalue weighted by atomic mass is 15.3. The van der Waals surface area contributed by atoms with E-state index < -0.39 is 0 Å². The van der Waals surface area contributed by atoms with Crippen molar-refractivity contribution < 1.29 is 0 Å². The fraction of sp³-hybridized carbons (Fsp3) is 0.818. The minimum Gasteiger partial charge on any atom is -0.315 e. The van der Waals surface area contributed by atoms with Crippen LogP contribution in [0.15, 0.2) is 12.7 Å². The summed E-state index contributed by atoms with van der Waals surface area (Å²) in [6, 6.07) is 0.971. The van der Waals surface area contributed by atoms with Crippen LogP contribution >= 0.6 is 0 Å². The van der Waals surface area contributed by atoms with Crippen LogP contribution in [0.1, 0.15) is 32.7 Å². The third kappa shape index (κ3) is 2.04. The third-order valence-corrected chi connectivity index (χ3v) is 3.54. The van der Waals surface area contributed by atoms with Gasteiger partial charge in [-0.05, 0) is 31.7 Å². The van der Waals surface area contributed by atoms with Crippen LogP contribution in [0.3, 0.4) is 0 Å². The zero-order valence-corrected chi connectivity index (χ0v) is 9.72. The van der Waals surface area contributed by atoms with Crippen LogP contribution in [-0.4, -0.2) is 27.9 Å². The van der Waals surface area contributed by atoms with Crippen molar-refractivity contribution >= 4 is 0 Å². The summed E-state index contributed by atoms with van der Waals surface area (Å²) in [5.41, 5.74) is 0. The summed E-state index contributed by atoms with van der Waals surface area (Å²) in [6.45, 7) is 4.64. The molecule has 1 fully saturated rings. The van der Waals surface area contributed by atoms with Gasteiger partial charge in [0.05, 0.1) is 6.04 Å². The minimum absolute atomic E-state index is 0.452. The zero-order valence-electron chi connectivity index (χ0n) is 9.72. The van der Waals surface area contributed by atoms with Crippen molar-refractivity contribution in [3.05, 3.63) is 12.7 Å². The SMILES string of the molecule is CNC1CC(C)CC(C)C1n1cncn1. The van der Waals surface area contributed by atoms with E-state index in [0.29, 0.717) is 18.0 Å². The van der Waals surface area contributed by atoms with Gasteiger partial charge < -0.3 is 5.32 Å². The van der Waals surface area contributed by atoms with Gasteiger partial charge in [-0.15, -0.1) is 0 Å². The predicted octanol–water partition coefficient (Wildman–Crippen LogP) is 1.47. The van der Waals surface area contributed by atoms with Crippen LogP contribution in [0.4, 0.5) is 0 Å². The Balaban J connectivity index is 2.20. The molecule has 0 radical (unpaired) electrons. The van der Waals surface area contributed by atoms with E-state index in [-0.39, 0.29) is 0 Å². The van der Waals surface area contributed by atoms with E-state index in [1.807, 2.05) is 18.1 Å². The molecular formula is C11H20N4. The summed E-state index contributed by atoms with van der Waals surface area (Å²) in [5.74, 6) is 1.46. The van der Waals surface area contributed by atoms with Crippen LogP contribution < -0.4 is 5.32 Å². The molecule has 1 saturated carbocycles. The lowest BCUT2D eigenvalue weighted by Gasteiger charge is -2.39. The molecule has 0 amide bonds. The first-order valence-electron chi connectivity index (χ1n) is 5.73. The van der Waals surface area contributed by atoms with Crippen molar-refractivity contribution in [2.24, 2.45) is 11.8 Å². The van der Waals surface area contributed by atoms with E-state index in [1.54, 1.807) is 6.33 Å². The lowest BCUT2D eigenvalue weighted by Crippen LogP contribution is -2.44. The first-order valence-corrected chi connectivity index (χ1v) is 5.73. The van der Waals surface area contributed by atoms with Gasteiger partial charge in [-0.1, -0.05) is 13.8 Å². The van der Waals surface area contributed by atoms with E-state index in [4.69, 9.17) is 0 Å². The normalized spacial score (nSPS) is 36.7. The van der Waals surface area contributed by atoms with E-state index in [0.717, 1.165) is 5.92 Å². The minimum atomic E-state index is 0.452. The van der Waals surface area contributed by atoms with Crippen molar-refractivity contribution in [1.82, 2.24) is 20.1 Å². The Hall–Kier alpha value is -0.900. The maximum Gasteiger partial charge on any atom is 0.137 e. The lowest BCUT2D eigenvalue weighted by molar-refractivity contribution is 0.148. The second-order valence-corrected chi connectivity index (χ2v) is 4.82. The van der Waals surface area contributed by atoms with Crippen LogP contribution in [-0.2, 0) is 0 Å². The Kier molecular flexibility index (Phi) is 3.05. The highest BCUT2D eigenvalue weighted by molar-refractivity contribution is 4.90. The fourth-order valence-electron chi connectivity index (χ4n) is 2.94. The number of rotatable bonds is 2. The summed E-state index contributed by atoms with van der Waals surface area (Å²) in [4.78, 5) is 4.04. The Morgan fingerprint density at radius 1 is 1.33 bits per heavy atom. The molecule has 1 heterocycles. The van der Waals surface area contributed by atoms with Gasteiger partial charge in [0.25, 0.3) is 0 Å². The van der Waals surface area contributed by atoms with E-state index >= 15 is 0 Å². The molecule has 4 heteroatoms. The molecule has 1 aromatic rings. The number of likely N-dealkylation sites (N-methyl/N-ethyl adjacent to an activating group) is 1. The van der Waals surface area contributed by atoms with Crippen molar-refractivity contribution in [1.29, 1.82) is 0 Å². The van der Waals surface area contributed by atoms with Crippen LogP contribution in [0, 0.1) is 11.8 Å². The number of aromatic nitrogens is 3. The average molecular weight is 208 g/mol. The van der Waals surface area contributed by atoms with Crippen molar-refractivity contribution in [3.8, 4) is 0 Å². The smallest absolute Gasteiger partial charge is 0.137 e. The zero-order chi connectivity index (χ0) is 10.8. The highest BCUT2D eigenvalue weighted by Gasteiger charge is 2.34. The molecule has 0 aromatic carbocycles. The van der Waals surface area contributed by atoms with E-state index in [1.165, 1.54) is 12.8 Å². The van der Waals surface area contributed by atoms with Gasteiger partial charge >= 0.3 is 0 Å². The number of hydrogen-bond donors (Lipinski definition) is 1. The molecule has 4 nitrogen and oxygen atoms in total. The fourth-order valence-corrected chi connectivity index (χ4v) is 2.94. The van der Waals surface area contributed by atoms with Crippen molar-refractivity contribution in [2.75, 3.05) is 7.05 Å². The van der Waals surface area contributed by atoms with Crippen LogP contribution in [0.5, 0.6) is 0 Å². The molecule has 1 aromatic heterocycles. The maximum absolute atomic E-state index is 4.28. The molecule has 0 saturated heterocycles. The molecule has 1 N–H and O–H groups in total. The Bertz CT molecular complexity index is 296. The standard InChI is InChI=1S/C11H20N4/c1-8-4-9(2)11(10(5-8)12-3)15-7-13-6-14-15/h6-12H,4-5H2,1-3H3. The molecular weight excluding hydrogens is 188 g/mol. The number of nitrogens with one attached hydrogen (secondary N) is 1. The van der Waals surface area contributed by atoms with Gasteiger partial charge in [-0.3, -0.25) is 0 Å². The largest absolute Gasteiger partial charge is 0.315 e. The Morgan fingerprint density at radius 3 is 2.73 bits per heavy atom. The second kappa shape index (κ2) is 4.31. The van der Waals surface area contributed by atoms with Gasteiger partial charge in [0.15, 0.2) is 0 Å². The molecule has 15 heavy (non-hydrogen) atoms. The summed E-state index contributed by atoms with van der Waals surface area (Å²) >= 11 is 0. The molecule has 4 unspecified atom stereocenters. The Labute approximate surface area is 91.1 Å². The van der Waals surface area contributed by atoms with E-state index in [9.17, 15) is 0 Å². The Morgan fingerprint density at radius 2 is 2.13 bits per heavy atom. The van der Waals surface area contributed by atoms with Crippen molar-refractivity contribution in [2.45, 2.75) is 38.8 Å². The monoisotopic (exact) mass is 208 g/mol. The molecule has 1 aliphatic rings. The number of nitrogens with zero attached hydrogens (tertiary/aromatic N) is 3. The first kappa shape index (κ1) is 10.6. The molecule has 4 atom stereocenters.